The van der Waals surface area contributed by atoms with E-state index in [0.29, 0.717) is 31.1 Å². The van der Waals surface area contributed by atoms with Gasteiger partial charge in [-0.15, -0.1) is 10.2 Å². The zero-order valence-electron chi connectivity index (χ0n) is 12.2. The smallest absolute Gasteiger partial charge is 0.276 e. The molecule has 2 aromatic rings. The molecule has 1 aliphatic rings. The van der Waals surface area contributed by atoms with Crippen LogP contribution in [0.4, 0.5) is 0 Å². The van der Waals surface area contributed by atoms with E-state index in [9.17, 15) is 4.79 Å². The Kier molecular flexibility index (Phi) is 3.56. The van der Waals surface area contributed by atoms with Crippen LogP contribution in [0.5, 0.6) is 0 Å². The first-order valence-electron chi connectivity index (χ1n) is 6.74. The molecule has 0 unspecified atom stereocenters. The van der Waals surface area contributed by atoms with Gasteiger partial charge in [0, 0.05) is 13.1 Å². The van der Waals surface area contributed by atoms with Crippen LogP contribution in [-0.4, -0.2) is 63.7 Å². The Morgan fingerprint density at radius 3 is 2.81 bits per heavy atom. The lowest BCUT2D eigenvalue weighted by Crippen LogP contribution is -2.36. The molecule has 1 saturated heterocycles. The maximum Gasteiger partial charge on any atom is 0.276 e. The van der Waals surface area contributed by atoms with Crippen LogP contribution in [0.1, 0.15) is 21.9 Å². The third-order valence-corrected chi connectivity index (χ3v) is 3.39. The molecule has 8 heteroatoms. The molecule has 1 fully saturated rings. The summed E-state index contributed by atoms with van der Waals surface area (Å²) in [6.45, 7) is 5.15. The number of ether oxygens (including phenoxy) is 2. The van der Waals surface area contributed by atoms with Crippen LogP contribution in [-0.2, 0) is 9.47 Å². The molecule has 0 saturated carbocycles. The van der Waals surface area contributed by atoms with Gasteiger partial charge in [-0.3, -0.25) is 4.79 Å². The van der Waals surface area contributed by atoms with Gasteiger partial charge in [0.25, 0.3) is 5.91 Å². The molecule has 112 valence electrons. The molecule has 0 atom stereocenters. The molecule has 0 aliphatic carbocycles. The largest absolute Gasteiger partial charge is 0.348 e. The van der Waals surface area contributed by atoms with Gasteiger partial charge in [0.05, 0.1) is 31.1 Å². The van der Waals surface area contributed by atoms with E-state index in [0.717, 1.165) is 5.69 Å². The van der Waals surface area contributed by atoms with Gasteiger partial charge in [-0.25, -0.2) is 4.52 Å². The van der Waals surface area contributed by atoms with Crippen LogP contribution < -0.4 is 0 Å². The fraction of sp³-hybridized carbons (Fsp3) is 0.538. The molecule has 2 aromatic heterocycles. The van der Waals surface area contributed by atoms with E-state index in [1.54, 1.807) is 18.5 Å². The monoisotopic (exact) mass is 291 g/mol. The Morgan fingerprint density at radius 1 is 1.38 bits per heavy atom. The second-order valence-corrected chi connectivity index (χ2v) is 5.05. The summed E-state index contributed by atoms with van der Waals surface area (Å²) in [5.74, 6) is -0.228. The van der Waals surface area contributed by atoms with Crippen LogP contribution in [0.15, 0.2) is 6.07 Å². The van der Waals surface area contributed by atoms with Crippen molar-refractivity contribution in [3.8, 4) is 0 Å². The number of carbonyl (C=O) groups excluding carboxylic acids is 1. The zero-order valence-corrected chi connectivity index (χ0v) is 12.2. The van der Waals surface area contributed by atoms with Crippen molar-refractivity contribution in [3.63, 3.8) is 0 Å². The number of amides is 1. The van der Waals surface area contributed by atoms with E-state index in [1.165, 1.54) is 4.90 Å². The van der Waals surface area contributed by atoms with E-state index in [1.807, 2.05) is 13.0 Å². The first-order chi connectivity index (χ1) is 10.1. The quantitative estimate of drug-likeness (QED) is 0.802. The Hall–Kier alpha value is -2.06. The van der Waals surface area contributed by atoms with Crippen LogP contribution >= 0.6 is 0 Å². The first-order valence-corrected chi connectivity index (χ1v) is 6.74. The lowest BCUT2D eigenvalue weighted by atomic mass is 10.3. The fourth-order valence-corrected chi connectivity index (χ4v) is 2.28. The topological polar surface area (TPSA) is 81.9 Å². The van der Waals surface area contributed by atoms with E-state index < -0.39 is 0 Å². The summed E-state index contributed by atoms with van der Waals surface area (Å²) in [5.41, 5.74) is 2.41. The van der Waals surface area contributed by atoms with E-state index in [4.69, 9.17) is 9.47 Å². The van der Waals surface area contributed by atoms with Crippen LogP contribution in [0, 0.1) is 13.8 Å². The summed E-state index contributed by atoms with van der Waals surface area (Å²) < 4.78 is 12.3. The molecular formula is C13H17N5O3. The van der Waals surface area contributed by atoms with E-state index in [2.05, 4.69) is 15.3 Å². The average molecular weight is 291 g/mol. The third kappa shape index (κ3) is 2.59. The summed E-state index contributed by atoms with van der Waals surface area (Å²) >= 11 is 0. The van der Waals surface area contributed by atoms with Crippen molar-refractivity contribution in [2.45, 2.75) is 20.1 Å². The predicted molar refractivity (Wildman–Crippen MR) is 72.9 cm³/mol. The SMILES string of the molecule is Cc1cc2nnc(C(=O)N(C)CC3OCCO3)c(C)n2n1. The maximum atomic E-state index is 12.5. The Morgan fingerprint density at radius 2 is 2.10 bits per heavy atom. The van der Waals surface area contributed by atoms with Crippen LogP contribution in [0.25, 0.3) is 5.65 Å². The summed E-state index contributed by atoms with van der Waals surface area (Å²) in [6.07, 6.45) is -0.372. The number of hydrogen-bond donors (Lipinski definition) is 0. The molecule has 8 nitrogen and oxygen atoms in total. The normalized spacial score (nSPS) is 15.8. The summed E-state index contributed by atoms with van der Waals surface area (Å²) in [5, 5.41) is 12.4. The minimum atomic E-state index is -0.372. The van der Waals surface area contributed by atoms with Crippen molar-refractivity contribution in [2.24, 2.45) is 0 Å². The van der Waals surface area contributed by atoms with Crippen molar-refractivity contribution < 1.29 is 14.3 Å². The summed E-state index contributed by atoms with van der Waals surface area (Å²) in [4.78, 5) is 14.0. The van der Waals surface area contributed by atoms with Gasteiger partial charge in [-0.1, -0.05) is 0 Å². The highest BCUT2D eigenvalue weighted by Gasteiger charge is 2.24. The first kappa shape index (κ1) is 13.9. The van der Waals surface area contributed by atoms with Crippen LogP contribution in [0.2, 0.25) is 0 Å². The van der Waals surface area contributed by atoms with Gasteiger partial charge >= 0.3 is 0 Å². The second-order valence-electron chi connectivity index (χ2n) is 5.05. The minimum Gasteiger partial charge on any atom is -0.348 e. The number of aryl methyl sites for hydroxylation is 2. The van der Waals surface area contributed by atoms with Gasteiger partial charge < -0.3 is 14.4 Å². The highest BCUT2D eigenvalue weighted by molar-refractivity contribution is 5.93. The van der Waals surface area contributed by atoms with Gasteiger partial charge in [-0.2, -0.15) is 5.10 Å². The molecule has 0 N–H and O–H groups in total. The van der Waals surface area contributed by atoms with Crippen molar-refractivity contribution in [2.75, 3.05) is 26.8 Å². The number of nitrogens with zero attached hydrogens (tertiary/aromatic N) is 5. The van der Waals surface area contributed by atoms with Crippen LogP contribution in [0.3, 0.4) is 0 Å². The lowest BCUT2D eigenvalue weighted by molar-refractivity contribution is -0.0544. The molecule has 0 aromatic carbocycles. The van der Waals surface area contributed by atoms with E-state index >= 15 is 0 Å². The molecule has 1 amide bonds. The van der Waals surface area contributed by atoms with Crippen molar-refractivity contribution >= 4 is 11.6 Å². The Balaban J connectivity index is 1.84. The molecule has 3 heterocycles. The molecule has 0 bridgehead atoms. The van der Waals surface area contributed by atoms with E-state index in [-0.39, 0.29) is 17.9 Å². The highest BCUT2D eigenvalue weighted by atomic mass is 16.7. The summed E-state index contributed by atoms with van der Waals surface area (Å²) in [6, 6.07) is 1.82. The van der Waals surface area contributed by atoms with Crippen molar-refractivity contribution in [1.82, 2.24) is 24.7 Å². The maximum absolute atomic E-state index is 12.5. The number of hydrogen-bond acceptors (Lipinski definition) is 6. The zero-order chi connectivity index (χ0) is 15.0. The van der Waals surface area contributed by atoms with Gasteiger partial charge in [0.2, 0.25) is 0 Å². The molecule has 21 heavy (non-hydrogen) atoms. The number of aromatic nitrogens is 4. The summed E-state index contributed by atoms with van der Waals surface area (Å²) in [7, 11) is 1.69. The fourth-order valence-electron chi connectivity index (χ4n) is 2.28. The molecule has 1 aliphatic heterocycles. The van der Waals surface area contributed by atoms with Crippen molar-refractivity contribution in [3.05, 3.63) is 23.1 Å². The van der Waals surface area contributed by atoms with Gasteiger partial charge in [-0.05, 0) is 13.8 Å². The second kappa shape index (κ2) is 5.38. The van der Waals surface area contributed by atoms with Gasteiger partial charge in [0.1, 0.15) is 0 Å². The van der Waals surface area contributed by atoms with Crippen molar-refractivity contribution in [1.29, 1.82) is 0 Å². The number of likely N-dealkylation sites (N-methyl/N-ethyl adjacent to an activating group) is 1. The number of fused-ring (bicyclic) bond motifs is 1. The Bertz CT molecular complexity index is 678. The highest BCUT2D eigenvalue weighted by Crippen LogP contribution is 2.12. The molecule has 3 rings (SSSR count). The Labute approximate surface area is 121 Å². The number of rotatable bonds is 3. The van der Waals surface area contributed by atoms with Gasteiger partial charge in [0.15, 0.2) is 17.6 Å². The average Bonchev–Trinajstić information content (AvgIpc) is 3.07. The molecule has 0 radical (unpaired) electrons. The minimum absolute atomic E-state index is 0.228. The molecule has 0 spiro atoms. The lowest BCUT2D eigenvalue weighted by Gasteiger charge is -2.20. The standard InChI is InChI=1S/C13H17N5O3/c1-8-6-10-14-15-12(9(2)18(10)16-8)13(19)17(3)7-11-20-4-5-21-11/h6,11H,4-5,7H2,1-3H3. The third-order valence-electron chi connectivity index (χ3n) is 3.39. The predicted octanol–water partition coefficient (Wildman–Crippen LogP) is 0.186. The molecular weight excluding hydrogens is 274 g/mol. The number of carbonyl (C=O) groups is 1.